The quantitative estimate of drug-likeness (QED) is 0.489. The maximum atomic E-state index is 11.8. The predicted molar refractivity (Wildman–Crippen MR) is 96.3 cm³/mol. The third kappa shape index (κ3) is 4.88. The third-order valence-corrected chi connectivity index (χ3v) is 3.57. The molecule has 0 amide bonds. The number of carbonyl (C=O) groups is 2. The Balaban J connectivity index is 1.53. The minimum atomic E-state index is -0.550. The summed E-state index contributed by atoms with van der Waals surface area (Å²) in [5.74, 6) is -0.396. The first-order valence-corrected chi connectivity index (χ1v) is 8.07. The van der Waals surface area contributed by atoms with Gasteiger partial charge in [-0.15, -0.1) is 10.2 Å². The van der Waals surface area contributed by atoms with Crippen LogP contribution in [0.5, 0.6) is 0 Å². The van der Waals surface area contributed by atoms with Gasteiger partial charge >= 0.3 is 11.9 Å². The van der Waals surface area contributed by atoms with Gasteiger partial charge in [-0.05, 0) is 35.9 Å². The van der Waals surface area contributed by atoms with E-state index in [4.69, 9.17) is 9.15 Å². The molecule has 0 bridgehead atoms. The number of rotatable bonds is 6. The molecule has 3 aromatic rings. The summed E-state index contributed by atoms with van der Waals surface area (Å²) in [7, 11) is 1.32. The van der Waals surface area contributed by atoms with E-state index in [1.54, 1.807) is 30.3 Å². The SMILES string of the molecule is COC(=O)c1ccc(C=CC(=O)OCc2nnc(-c3ccccc3)o2)cc1. The van der Waals surface area contributed by atoms with Gasteiger partial charge in [0.05, 0.1) is 12.7 Å². The standard InChI is InChI=1S/C20H16N2O5/c1-25-20(24)16-10-7-14(8-11-16)9-12-18(23)26-13-17-21-22-19(27-17)15-5-3-2-4-6-15/h2-12H,13H2,1H3. The number of aromatic nitrogens is 2. The number of benzene rings is 2. The molecule has 0 saturated carbocycles. The van der Waals surface area contributed by atoms with Crippen LogP contribution in [0.1, 0.15) is 21.8 Å². The van der Waals surface area contributed by atoms with Crippen LogP contribution in [0, 0.1) is 0 Å². The summed E-state index contributed by atoms with van der Waals surface area (Å²) in [6.45, 7) is -0.121. The monoisotopic (exact) mass is 364 g/mol. The Kier molecular flexibility index (Phi) is 5.73. The van der Waals surface area contributed by atoms with E-state index in [1.807, 2.05) is 30.3 Å². The van der Waals surface area contributed by atoms with Gasteiger partial charge < -0.3 is 13.9 Å². The third-order valence-electron chi connectivity index (χ3n) is 3.57. The van der Waals surface area contributed by atoms with Gasteiger partial charge in [-0.2, -0.15) is 0 Å². The Morgan fingerprint density at radius 2 is 1.78 bits per heavy atom. The molecule has 7 heteroatoms. The Morgan fingerprint density at radius 1 is 1.04 bits per heavy atom. The lowest BCUT2D eigenvalue weighted by atomic mass is 10.1. The first-order chi connectivity index (χ1) is 13.2. The van der Waals surface area contributed by atoms with Gasteiger partial charge in [0.1, 0.15) is 0 Å². The molecule has 0 saturated heterocycles. The van der Waals surface area contributed by atoms with Crippen molar-refractivity contribution in [1.82, 2.24) is 10.2 Å². The summed E-state index contributed by atoms with van der Waals surface area (Å²) >= 11 is 0. The van der Waals surface area contributed by atoms with Gasteiger partial charge in [0, 0.05) is 11.6 Å². The number of hydrogen-bond donors (Lipinski definition) is 0. The van der Waals surface area contributed by atoms with Crippen molar-refractivity contribution in [3.05, 3.63) is 77.7 Å². The van der Waals surface area contributed by atoms with Gasteiger partial charge in [-0.25, -0.2) is 9.59 Å². The van der Waals surface area contributed by atoms with Gasteiger partial charge in [-0.1, -0.05) is 30.3 Å². The van der Waals surface area contributed by atoms with Crippen LogP contribution in [0.2, 0.25) is 0 Å². The molecular formula is C20H16N2O5. The van der Waals surface area contributed by atoms with Crippen molar-refractivity contribution in [3.63, 3.8) is 0 Å². The highest BCUT2D eigenvalue weighted by atomic mass is 16.5. The number of hydrogen-bond acceptors (Lipinski definition) is 7. The lowest BCUT2D eigenvalue weighted by Gasteiger charge is -2.00. The van der Waals surface area contributed by atoms with Crippen molar-refractivity contribution >= 4 is 18.0 Å². The number of carbonyl (C=O) groups excluding carboxylic acids is 2. The second-order valence-electron chi connectivity index (χ2n) is 5.42. The molecule has 0 spiro atoms. The van der Waals surface area contributed by atoms with E-state index in [9.17, 15) is 9.59 Å². The lowest BCUT2D eigenvalue weighted by molar-refractivity contribution is -0.139. The Hall–Kier alpha value is -3.74. The van der Waals surface area contributed by atoms with E-state index in [-0.39, 0.29) is 12.5 Å². The van der Waals surface area contributed by atoms with Crippen LogP contribution < -0.4 is 0 Å². The van der Waals surface area contributed by atoms with E-state index in [2.05, 4.69) is 14.9 Å². The van der Waals surface area contributed by atoms with Crippen molar-refractivity contribution < 1.29 is 23.5 Å². The Labute approximate surface area is 155 Å². The van der Waals surface area contributed by atoms with Crippen molar-refractivity contribution in [3.8, 4) is 11.5 Å². The molecule has 0 fully saturated rings. The second-order valence-corrected chi connectivity index (χ2v) is 5.42. The highest BCUT2D eigenvalue weighted by molar-refractivity contribution is 5.90. The van der Waals surface area contributed by atoms with E-state index >= 15 is 0 Å². The van der Waals surface area contributed by atoms with Crippen molar-refractivity contribution in [1.29, 1.82) is 0 Å². The largest absolute Gasteiger partial charge is 0.465 e. The molecule has 136 valence electrons. The molecular weight excluding hydrogens is 348 g/mol. The minimum Gasteiger partial charge on any atom is -0.465 e. The molecule has 1 aromatic heterocycles. The number of nitrogens with zero attached hydrogens (tertiary/aromatic N) is 2. The van der Waals surface area contributed by atoms with E-state index in [0.717, 1.165) is 11.1 Å². The van der Waals surface area contributed by atoms with Crippen molar-refractivity contribution in [2.24, 2.45) is 0 Å². The summed E-state index contributed by atoms with van der Waals surface area (Å²) < 4.78 is 15.2. The summed E-state index contributed by atoms with van der Waals surface area (Å²) in [5, 5.41) is 7.78. The molecule has 1 heterocycles. The van der Waals surface area contributed by atoms with Gasteiger partial charge in [-0.3, -0.25) is 0 Å². The molecule has 0 N–H and O–H groups in total. The molecule has 0 aliphatic carbocycles. The van der Waals surface area contributed by atoms with E-state index < -0.39 is 11.9 Å². The number of ether oxygens (including phenoxy) is 2. The van der Waals surface area contributed by atoms with Gasteiger partial charge in [0.15, 0.2) is 6.61 Å². The summed E-state index contributed by atoms with van der Waals surface area (Å²) in [6, 6.07) is 15.9. The Morgan fingerprint density at radius 3 is 2.48 bits per heavy atom. The maximum absolute atomic E-state index is 11.8. The normalized spacial score (nSPS) is 10.7. The zero-order chi connectivity index (χ0) is 19.1. The van der Waals surface area contributed by atoms with Crippen LogP contribution in [-0.4, -0.2) is 29.2 Å². The van der Waals surface area contributed by atoms with Crippen LogP contribution in [0.15, 0.2) is 65.1 Å². The molecule has 0 atom stereocenters. The van der Waals surface area contributed by atoms with Crippen molar-refractivity contribution in [2.45, 2.75) is 6.61 Å². The topological polar surface area (TPSA) is 91.5 Å². The minimum absolute atomic E-state index is 0.121. The zero-order valence-corrected chi connectivity index (χ0v) is 14.5. The first kappa shape index (κ1) is 18.1. The summed E-state index contributed by atoms with van der Waals surface area (Å²) in [6.07, 6.45) is 2.86. The number of methoxy groups -OCH3 is 1. The van der Waals surface area contributed by atoms with E-state index in [0.29, 0.717) is 11.5 Å². The fraction of sp³-hybridized carbons (Fsp3) is 0.100. The Bertz CT molecular complexity index is 946. The first-order valence-electron chi connectivity index (χ1n) is 8.07. The van der Waals surface area contributed by atoms with Crippen LogP contribution in [0.25, 0.3) is 17.5 Å². The molecule has 2 aromatic carbocycles. The van der Waals surface area contributed by atoms with Gasteiger partial charge in [0.25, 0.3) is 5.89 Å². The fourth-order valence-corrected chi connectivity index (χ4v) is 2.20. The molecule has 7 nitrogen and oxygen atoms in total. The molecule has 0 radical (unpaired) electrons. The summed E-state index contributed by atoms with van der Waals surface area (Å²) in [5.41, 5.74) is 1.96. The van der Waals surface area contributed by atoms with Crippen LogP contribution >= 0.6 is 0 Å². The smallest absolute Gasteiger partial charge is 0.337 e. The van der Waals surface area contributed by atoms with Crippen molar-refractivity contribution in [2.75, 3.05) is 7.11 Å². The molecule has 0 aliphatic heterocycles. The number of esters is 2. The second kappa shape index (κ2) is 8.57. The summed E-state index contributed by atoms with van der Waals surface area (Å²) in [4.78, 5) is 23.2. The molecule has 0 aliphatic rings. The average molecular weight is 364 g/mol. The maximum Gasteiger partial charge on any atom is 0.337 e. The highest BCUT2D eigenvalue weighted by Gasteiger charge is 2.09. The lowest BCUT2D eigenvalue weighted by Crippen LogP contribution is -2.01. The fourth-order valence-electron chi connectivity index (χ4n) is 2.20. The average Bonchev–Trinajstić information content (AvgIpc) is 3.20. The predicted octanol–water partition coefficient (Wildman–Crippen LogP) is 3.28. The van der Waals surface area contributed by atoms with Gasteiger partial charge in [0.2, 0.25) is 5.89 Å². The molecule has 0 unspecified atom stereocenters. The van der Waals surface area contributed by atoms with Crippen LogP contribution in [0.4, 0.5) is 0 Å². The highest BCUT2D eigenvalue weighted by Crippen LogP contribution is 2.17. The molecule has 3 rings (SSSR count). The van der Waals surface area contributed by atoms with Crippen LogP contribution in [0.3, 0.4) is 0 Å². The van der Waals surface area contributed by atoms with Crippen LogP contribution in [-0.2, 0) is 20.9 Å². The molecule has 27 heavy (non-hydrogen) atoms. The zero-order valence-electron chi connectivity index (χ0n) is 14.5. The van der Waals surface area contributed by atoms with E-state index in [1.165, 1.54) is 13.2 Å².